The van der Waals surface area contributed by atoms with E-state index >= 15 is 0 Å². The molecule has 0 unspecified atom stereocenters. The van der Waals surface area contributed by atoms with Crippen molar-refractivity contribution < 1.29 is 9.37 Å². The smallest absolute Gasteiger partial charge is 0.124 e. The van der Waals surface area contributed by atoms with Crippen LogP contribution in [0.4, 0.5) is 0 Å². The van der Waals surface area contributed by atoms with Crippen molar-refractivity contribution in [2.24, 2.45) is 0 Å². The van der Waals surface area contributed by atoms with Crippen LogP contribution in [0.25, 0.3) is 0 Å². The maximum Gasteiger partial charge on any atom is 0.124 e. The summed E-state index contributed by atoms with van der Waals surface area (Å²) in [6.45, 7) is 1.36. The van der Waals surface area contributed by atoms with E-state index < -0.39 is 0 Å². The Labute approximate surface area is 113 Å². The fourth-order valence-electron chi connectivity index (χ4n) is 2.07. The highest BCUT2D eigenvalue weighted by Crippen LogP contribution is 2.34. The zero-order valence-corrected chi connectivity index (χ0v) is 11.2. The van der Waals surface area contributed by atoms with Crippen molar-refractivity contribution in [3.8, 4) is 5.75 Å². The van der Waals surface area contributed by atoms with E-state index in [4.69, 9.17) is 4.74 Å². The molecular weight excluding hydrogens is 298 g/mol. The Morgan fingerprint density at radius 2 is 2.39 bits per heavy atom. The number of nitrogens with zero attached hydrogens (tertiary/aromatic N) is 2. The Kier molecular flexibility index (Phi) is 3.29. The van der Waals surface area contributed by atoms with Gasteiger partial charge in [0.05, 0.1) is 12.8 Å². The normalized spacial score (nSPS) is 18.2. The summed E-state index contributed by atoms with van der Waals surface area (Å²) in [6.07, 6.45) is 2.56. The van der Waals surface area contributed by atoms with Gasteiger partial charge in [-0.3, -0.25) is 0 Å². The monoisotopic (exact) mass is 309 g/mol. The molecule has 1 aromatic heterocycles. The van der Waals surface area contributed by atoms with Crippen LogP contribution in [-0.2, 0) is 6.54 Å². The van der Waals surface area contributed by atoms with Gasteiger partial charge in [0.2, 0.25) is 0 Å². The van der Waals surface area contributed by atoms with Crippen LogP contribution in [0, 0.1) is 0 Å². The molecule has 2 heterocycles. The molecule has 3 rings (SSSR count). The number of benzene rings is 1. The van der Waals surface area contributed by atoms with Crippen molar-refractivity contribution in [1.82, 2.24) is 15.6 Å². The van der Waals surface area contributed by atoms with Crippen LogP contribution in [0.1, 0.15) is 23.7 Å². The Balaban J connectivity index is 1.76. The summed E-state index contributed by atoms with van der Waals surface area (Å²) in [7, 11) is 0. The van der Waals surface area contributed by atoms with Crippen molar-refractivity contribution in [2.75, 3.05) is 6.61 Å². The average Bonchev–Trinajstić information content (AvgIpc) is 2.89. The minimum absolute atomic E-state index is 0.267. The molecular formula is C12H12BrN3O2. The average molecular weight is 310 g/mol. The maximum atomic E-state index is 5.64. The Morgan fingerprint density at radius 3 is 3.22 bits per heavy atom. The molecule has 0 amide bonds. The molecule has 18 heavy (non-hydrogen) atoms. The van der Waals surface area contributed by atoms with Crippen molar-refractivity contribution in [2.45, 2.75) is 19.0 Å². The van der Waals surface area contributed by atoms with Crippen LogP contribution >= 0.6 is 15.9 Å². The summed E-state index contributed by atoms with van der Waals surface area (Å²) < 4.78 is 11.3. The number of nitrogens with one attached hydrogen (secondary N) is 1. The second kappa shape index (κ2) is 5.07. The Morgan fingerprint density at radius 1 is 1.44 bits per heavy atom. The number of rotatable bonds is 3. The van der Waals surface area contributed by atoms with Gasteiger partial charge in [-0.05, 0) is 18.2 Å². The molecule has 0 spiro atoms. The second-order valence-corrected chi connectivity index (χ2v) is 5.07. The number of halogens is 1. The van der Waals surface area contributed by atoms with E-state index in [9.17, 15) is 0 Å². The lowest BCUT2D eigenvalue weighted by atomic mass is 10.0. The van der Waals surface area contributed by atoms with E-state index in [0.717, 1.165) is 28.9 Å². The van der Waals surface area contributed by atoms with Gasteiger partial charge in [-0.15, -0.1) is 0 Å². The second-order valence-electron chi connectivity index (χ2n) is 4.15. The molecule has 5 nitrogen and oxygen atoms in total. The Bertz CT molecular complexity index is 530. The third kappa shape index (κ3) is 2.39. The van der Waals surface area contributed by atoms with E-state index in [1.54, 1.807) is 6.20 Å². The lowest BCUT2D eigenvalue weighted by Crippen LogP contribution is -2.26. The number of fused-ring (bicyclic) bond motifs is 1. The number of hydrogen-bond donors (Lipinski definition) is 1. The minimum atomic E-state index is 0.267. The topological polar surface area (TPSA) is 60.2 Å². The van der Waals surface area contributed by atoms with E-state index in [1.807, 2.05) is 12.1 Å². The van der Waals surface area contributed by atoms with E-state index in [2.05, 4.69) is 42.3 Å². The summed E-state index contributed by atoms with van der Waals surface area (Å²) in [5, 5.41) is 10.8. The number of aromatic nitrogens is 2. The van der Waals surface area contributed by atoms with Crippen LogP contribution < -0.4 is 10.1 Å². The third-order valence-electron chi connectivity index (χ3n) is 2.95. The van der Waals surface area contributed by atoms with Crippen molar-refractivity contribution in [3.05, 3.63) is 40.1 Å². The SMILES string of the molecule is Brc1ccc2c(c1)[C@H](NCc1cnon1)CCO2. The minimum Gasteiger partial charge on any atom is -0.493 e. The van der Waals surface area contributed by atoms with Gasteiger partial charge in [-0.2, -0.15) is 0 Å². The maximum absolute atomic E-state index is 5.64. The molecule has 1 atom stereocenters. The molecule has 1 aliphatic heterocycles. The van der Waals surface area contributed by atoms with Crippen molar-refractivity contribution in [1.29, 1.82) is 0 Å². The molecule has 0 bridgehead atoms. The summed E-state index contributed by atoms with van der Waals surface area (Å²) in [5.74, 6) is 0.945. The third-order valence-corrected chi connectivity index (χ3v) is 3.44. The number of ether oxygens (including phenoxy) is 1. The molecule has 0 fully saturated rings. The summed E-state index contributed by atoms with van der Waals surface area (Å²) in [5.41, 5.74) is 1.98. The highest BCUT2D eigenvalue weighted by atomic mass is 79.9. The molecule has 1 aliphatic rings. The van der Waals surface area contributed by atoms with Crippen LogP contribution in [0.2, 0.25) is 0 Å². The van der Waals surface area contributed by atoms with E-state index in [1.165, 1.54) is 5.56 Å². The lowest BCUT2D eigenvalue weighted by Gasteiger charge is -2.26. The predicted molar refractivity (Wildman–Crippen MR) is 68.1 cm³/mol. The Hall–Kier alpha value is -1.40. The first kappa shape index (κ1) is 11.7. The van der Waals surface area contributed by atoms with Crippen molar-refractivity contribution in [3.63, 3.8) is 0 Å². The van der Waals surface area contributed by atoms with Crippen LogP contribution in [0.5, 0.6) is 5.75 Å². The van der Waals surface area contributed by atoms with Crippen LogP contribution in [-0.4, -0.2) is 16.9 Å². The first-order valence-electron chi connectivity index (χ1n) is 5.75. The standard InChI is InChI=1S/C12H12BrN3O2/c13-8-1-2-12-10(5-8)11(3-4-17-12)14-6-9-7-15-18-16-9/h1-2,5,7,11,14H,3-4,6H2/t11-/m1/s1. The molecule has 0 aliphatic carbocycles. The summed E-state index contributed by atoms with van der Waals surface area (Å²) in [6, 6.07) is 6.34. The van der Waals surface area contributed by atoms with Gasteiger partial charge >= 0.3 is 0 Å². The van der Waals surface area contributed by atoms with E-state index in [0.29, 0.717) is 6.54 Å². The first-order chi connectivity index (χ1) is 8.83. The largest absolute Gasteiger partial charge is 0.493 e. The summed E-state index contributed by atoms with van der Waals surface area (Å²) in [4.78, 5) is 0. The first-order valence-corrected chi connectivity index (χ1v) is 6.54. The predicted octanol–water partition coefficient (Wildman–Crippen LogP) is 2.45. The zero-order chi connectivity index (χ0) is 12.4. The zero-order valence-electron chi connectivity index (χ0n) is 9.60. The molecule has 94 valence electrons. The molecule has 1 aromatic carbocycles. The van der Waals surface area contributed by atoms with Gasteiger partial charge in [0.1, 0.15) is 11.4 Å². The van der Waals surface area contributed by atoms with Gasteiger partial charge in [-0.25, -0.2) is 4.63 Å². The fourth-order valence-corrected chi connectivity index (χ4v) is 2.45. The molecule has 2 aromatic rings. The van der Waals surface area contributed by atoms with Gasteiger partial charge < -0.3 is 10.1 Å². The molecule has 0 saturated carbocycles. The highest BCUT2D eigenvalue weighted by Gasteiger charge is 2.21. The molecule has 1 N–H and O–H groups in total. The van der Waals surface area contributed by atoms with Crippen LogP contribution in [0.3, 0.4) is 0 Å². The molecule has 0 saturated heterocycles. The van der Waals surface area contributed by atoms with Gasteiger partial charge in [-0.1, -0.05) is 26.2 Å². The van der Waals surface area contributed by atoms with Gasteiger partial charge in [0, 0.05) is 29.0 Å². The summed E-state index contributed by atoms with van der Waals surface area (Å²) >= 11 is 3.49. The van der Waals surface area contributed by atoms with Gasteiger partial charge in [0.25, 0.3) is 0 Å². The molecule has 0 radical (unpaired) electrons. The number of hydrogen-bond acceptors (Lipinski definition) is 5. The van der Waals surface area contributed by atoms with E-state index in [-0.39, 0.29) is 6.04 Å². The van der Waals surface area contributed by atoms with Gasteiger partial charge in [0.15, 0.2) is 0 Å². The quantitative estimate of drug-likeness (QED) is 0.943. The molecule has 6 heteroatoms. The van der Waals surface area contributed by atoms with Crippen LogP contribution in [0.15, 0.2) is 33.5 Å². The highest BCUT2D eigenvalue weighted by molar-refractivity contribution is 9.10. The fraction of sp³-hybridized carbons (Fsp3) is 0.333. The lowest BCUT2D eigenvalue weighted by molar-refractivity contribution is 0.250. The van der Waals surface area contributed by atoms with Crippen molar-refractivity contribution >= 4 is 15.9 Å².